The largest absolute Gasteiger partial charge is 0.486 e. The van der Waals surface area contributed by atoms with E-state index in [0.717, 1.165) is 59.9 Å². The summed E-state index contributed by atoms with van der Waals surface area (Å²) in [6, 6.07) is 32.9. The van der Waals surface area contributed by atoms with E-state index in [4.69, 9.17) is 4.74 Å². The molecule has 1 N–H and O–H groups in total. The van der Waals surface area contributed by atoms with Crippen molar-refractivity contribution < 1.29 is 9.53 Å². The average Bonchev–Trinajstić information content (AvgIpc) is 3.65. The second-order valence-corrected chi connectivity index (χ2v) is 11.2. The molecule has 0 atom stereocenters. The van der Waals surface area contributed by atoms with Crippen molar-refractivity contribution in [3.8, 4) is 16.9 Å². The first-order valence-electron chi connectivity index (χ1n) is 13.5. The van der Waals surface area contributed by atoms with E-state index in [9.17, 15) is 4.79 Å². The number of carbonyl (C=O) groups excluding carboxylic acids is 1. The number of nitrogens with one attached hydrogen (secondary N) is 1. The minimum Gasteiger partial charge on any atom is -0.486 e. The van der Waals surface area contributed by atoms with Gasteiger partial charge in [-0.3, -0.25) is 4.79 Å². The van der Waals surface area contributed by atoms with Crippen LogP contribution in [0.5, 0.6) is 5.75 Å². The Balaban J connectivity index is 1.22. The first-order valence-corrected chi connectivity index (χ1v) is 14.5. The smallest absolute Gasteiger partial charge is 0.256 e. The lowest BCUT2D eigenvalue weighted by Crippen LogP contribution is -2.30. The van der Waals surface area contributed by atoms with Crippen molar-refractivity contribution >= 4 is 32.2 Å². The van der Waals surface area contributed by atoms with E-state index in [0.29, 0.717) is 25.5 Å². The predicted molar refractivity (Wildman–Crippen MR) is 163 cm³/mol. The molecule has 8 nitrogen and oxygen atoms in total. The van der Waals surface area contributed by atoms with Crippen LogP contribution in [0.4, 0.5) is 0 Å². The maximum atomic E-state index is 14.0. The van der Waals surface area contributed by atoms with Crippen LogP contribution in [0.3, 0.4) is 0 Å². The monoisotopic (exact) mass is 558 g/mol. The minimum absolute atomic E-state index is 0.0204. The Kier molecular flexibility index (Phi) is 7.42. The highest BCUT2D eigenvalue weighted by Crippen LogP contribution is 2.25. The molecule has 0 bridgehead atoms. The summed E-state index contributed by atoms with van der Waals surface area (Å²) in [5.41, 5.74) is 6.18. The number of rotatable bonds is 9. The number of H-pyrrole nitrogens is 1. The van der Waals surface area contributed by atoms with E-state index in [-0.39, 0.29) is 5.91 Å². The molecule has 0 saturated heterocycles. The second-order valence-electron chi connectivity index (χ2n) is 10.1. The normalized spacial score (nSPS) is 11.1. The van der Waals surface area contributed by atoms with Crippen LogP contribution in [0.2, 0.25) is 0 Å². The lowest BCUT2D eigenvalue weighted by atomic mass is 10.0. The molecule has 9 heteroatoms. The lowest BCUT2D eigenvalue weighted by molar-refractivity contribution is 0.0732. The van der Waals surface area contributed by atoms with Crippen molar-refractivity contribution in [1.29, 1.82) is 0 Å². The third kappa shape index (κ3) is 5.80. The molecular weight excluding hydrogens is 528 g/mol. The van der Waals surface area contributed by atoms with E-state index in [1.807, 2.05) is 71.2 Å². The van der Waals surface area contributed by atoms with Gasteiger partial charge in [0.05, 0.1) is 5.56 Å². The fraction of sp³-hybridized carbons (Fsp3) is 0.125. The van der Waals surface area contributed by atoms with Gasteiger partial charge >= 0.3 is 0 Å². The number of hydrogen-bond donors (Lipinski definition) is 1. The van der Waals surface area contributed by atoms with Gasteiger partial charge in [0.2, 0.25) is 0 Å². The van der Waals surface area contributed by atoms with Gasteiger partial charge in [0.15, 0.2) is 5.82 Å². The Bertz CT molecular complexity index is 1780. The number of para-hydroxylation sites is 1. The molecule has 0 unspecified atom stereocenters. The van der Waals surface area contributed by atoms with Crippen LogP contribution in [-0.4, -0.2) is 46.2 Å². The molecule has 4 aromatic carbocycles. The molecule has 2 aromatic heterocycles. The standard InChI is InChI=1S/C32H30N6O2Si/c1-37-20-27(26-9-5-6-10-28(26)37)32(39)38(18-22-7-3-2-4-8-22)19-23-11-13-24(14-12-23)25-15-16-29(30(41)17-25)40-21-31-33-35-36-34-31/h2-17,20H,18-19,21H2,1,41H3,(H,33,34,35,36). The molecule has 0 radical (unpaired) electrons. The third-order valence-electron chi connectivity index (χ3n) is 7.22. The quantitative estimate of drug-likeness (QED) is 0.273. The summed E-state index contributed by atoms with van der Waals surface area (Å²) in [5.74, 6) is 1.45. The van der Waals surface area contributed by atoms with Crippen molar-refractivity contribution in [3.05, 3.63) is 126 Å². The molecule has 6 rings (SSSR count). The SMILES string of the molecule is Cn1cc(C(=O)N(Cc2ccccc2)Cc2ccc(-c3ccc(OCc4nnn[nH]4)c([SiH3])c3)cc2)c2ccccc21. The number of ether oxygens (including phenoxy) is 1. The van der Waals surface area contributed by atoms with Crippen LogP contribution < -0.4 is 9.92 Å². The molecular formula is C32H30N6O2Si. The van der Waals surface area contributed by atoms with Crippen molar-refractivity contribution in [3.63, 3.8) is 0 Å². The van der Waals surface area contributed by atoms with Gasteiger partial charge in [-0.05, 0) is 50.0 Å². The predicted octanol–water partition coefficient (Wildman–Crippen LogP) is 3.77. The summed E-state index contributed by atoms with van der Waals surface area (Å²) in [4.78, 5) is 15.9. The molecule has 2 heterocycles. The van der Waals surface area contributed by atoms with Crippen molar-refractivity contribution in [2.45, 2.75) is 19.7 Å². The van der Waals surface area contributed by atoms with Gasteiger partial charge < -0.3 is 14.2 Å². The van der Waals surface area contributed by atoms with Crippen molar-refractivity contribution in [2.75, 3.05) is 0 Å². The minimum atomic E-state index is 0.0204. The van der Waals surface area contributed by atoms with Crippen molar-refractivity contribution in [2.24, 2.45) is 7.05 Å². The van der Waals surface area contributed by atoms with Gasteiger partial charge in [0, 0.05) is 47.5 Å². The Hall–Kier alpha value is -5.02. The first kappa shape index (κ1) is 26.2. The number of amides is 1. The van der Waals surface area contributed by atoms with Crippen LogP contribution in [0, 0.1) is 0 Å². The summed E-state index contributed by atoms with van der Waals surface area (Å²) in [5, 5.41) is 15.9. The van der Waals surface area contributed by atoms with E-state index in [1.165, 1.54) is 0 Å². The maximum absolute atomic E-state index is 14.0. The number of benzene rings is 4. The van der Waals surface area contributed by atoms with Crippen LogP contribution in [0.1, 0.15) is 27.3 Å². The zero-order valence-corrected chi connectivity index (χ0v) is 25.0. The van der Waals surface area contributed by atoms with E-state index >= 15 is 0 Å². The molecule has 0 saturated carbocycles. The summed E-state index contributed by atoms with van der Waals surface area (Å²) >= 11 is 0. The van der Waals surface area contributed by atoms with Gasteiger partial charge in [0.1, 0.15) is 12.4 Å². The Morgan fingerprint density at radius 3 is 2.34 bits per heavy atom. The Morgan fingerprint density at radius 2 is 1.61 bits per heavy atom. The summed E-state index contributed by atoms with van der Waals surface area (Å²) < 4.78 is 7.91. The number of aromatic nitrogens is 5. The second kappa shape index (κ2) is 11.6. The van der Waals surface area contributed by atoms with Gasteiger partial charge in [-0.1, -0.05) is 84.9 Å². The molecule has 0 spiro atoms. The molecule has 0 aliphatic rings. The highest BCUT2D eigenvalue weighted by atomic mass is 28.1. The topological polar surface area (TPSA) is 88.9 Å². The van der Waals surface area contributed by atoms with E-state index in [1.54, 1.807) is 0 Å². The van der Waals surface area contributed by atoms with E-state index in [2.05, 4.69) is 69.2 Å². The van der Waals surface area contributed by atoms with Crippen LogP contribution >= 0.6 is 0 Å². The van der Waals surface area contributed by atoms with Crippen molar-refractivity contribution in [1.82, 2.24) is 30.1 Å². The number of tetrazole rings is 1. The van der Waals surface area contributed by atoms with Crippen LogP contribution in [-0.2, 0) is 26.7 Å². The molecule has 0 aliphatic carbocycles. The molecule has 204 valence electrons. The van der Waals surface area contributed by atoms with Gasteiger partial charge in [0.25, 0.3) is 5.91 Å². The molecule has 1 amide bonds. The lowest BCUT2D eigenvalue weighted by Gasteiger charge is -2.23. The van der Waals surface area contributed by atoms with Gasteiger partial charge in [-0.15, -0.1) is 5.10 Å². The molecule has 0 aliphatic heterocycles. The molecule has 0 fully saturated rings. The zero-order valence-electron chi connectivity index (χ0n) is 23.0. The van der Waals surface area contributed by atoms with Gasteiger partial charge in [-0.25, -0.2) is 5.10 Å². The average molecular weight is 559 g/mol. The van der Waals surface area contributed by atoms with Crippen LogP contribution in [0.25, 0.3) is 22.0 Å². The summed E-state index contributed by atoms with van der Waals surface area (Å²) in [6.07, 6.45) is 1.94. The highest BCUT2D eigenvalue weighted by molar-refractivity contribution is 6.34. The fourth-order valence-corrected chi connectivity index (χ4v) is 5.71. The summed E-state index contributed by atoms with van der Waals surface area (Å²) in [7, 11) is 2.82. The fourth-order valence-electron chi connectivity index (χ4n) is 5.09. The number of carbonyl (C=O) groups is 1. The number of fused-ring (bicyclic) bond motifs is 1. The highest BCUT2D eigenvalue weighted by Gasteiger charge is 2.21. The number of nitrogens with zero attached hydrogens (tertiary/aromatic N) is 5. The number of aromatic amines is 1. The van der Waals surface area contributed by atoms with E-state index < -0.39 is 0 Å². The third-order valence-corrected chi connectivity index (χ3v) is 8.00. The maximum Gasteiger partial charge on any atom is 0.256 e. The zero-order chi connectivity index (χ0) is 28.2. The molecule has 41 heavy (non-hydrogen) atoms. The van der Waals surface area contributed by atoms with Crippen LogP contribution in [0.15, 0.2) is 103 Å². The summed E-state index contributed by atoms with van der Waals surface area (Å²) in [6.45, 7) is 1.33. The number of hydrogen-bond acceptors (Lipinski definition) is 5. The number of aryl methyl sites for hydroxylation is 1. The first-order chi connectivity index (χ1) is 20.0. The Labute approximate surface area is 241 Å². The van der Waals surface area contributed by atoms with Gasteiger partial charge in [-0.2, -0.15) is 0 Å². The molecule has 6 aromatic rings. The Morgan fingerprint density at radius 1 is 0.902 bits per heavy atom.